The first-order valence-corrected chi connectivity index (χ1v) is 7.53. The standard InChI is InChI=1S/C17H19N3O3/c1-3-5-14-8-15(21)20-16(19-14)12(4-2)6-11-7-13(17(22)23)10-18-9-11/h6-10H,3-5H2,1-2H3,(H,22,23)(H,19,20,21)/b12-6+. The molecule has 0 spiro atoms. The molecule has 0 radical (unpaired) electrons. The van der Waals surface area contributed by atoms with Gasteiger partial charge in [-0.05, 0) is 36.1 Å². The summed E-state index contributed by atoms with van der Waals surface area (Å²) in [6.07, 6.45) is 6.97. The molecule has 2 N–H and O–H groups in total. The number of H-pyrrole nitrogens is 1. The van der Waals surface area contributed by atoms with E-state index in [9.17, 15) is 9.59 Å². The van der Waals surface area contributed by atoms with Gasteiger partial charge in [0.2, 0.25) is 0 Å². The van der Waals surface area contributed by atoms with E-state index < -0.39 is 5.97 Å². The lowest BCUT2D eigenvalue weighted by molar-refractivity contribution is 0.0696. The Hall–Kier alpha value is -2.76. The Bertz CT molecular complexity index is 794. The van der Waals surface area contributed by atoms with Crippen LogP contribution in [0.5, 0.6) is 0 Å². The fraction of sp³-hybridized carbons (Fsp3) is 0.294. The molecule has 120 valence electrons. The van der Waals surface area contributed by atoms with Crippen molar-refractivity contribution in [1.82, 2.24) is 15.0 Å². The minimum absolute atomic E-state index is 0.121. The number of pyridine rings is 1. The van der Waals surface area contributed by atoms with Gasteiger partial charge in [0, 0.05) is 24.2 Å². The number of hydrogen-bond acceptors (Lipinski definition) is 4. The lowest BCUT2D eigenvalue weighted by Gasteiger charge is -2.07. The second kappa shape index (κ2) is 7.49. The molecule has 0 unspecified atom stereocenters. The van der Waals surface area contributed by atoms with Gasteiger partial charge in [-0.3, -0.25) is 9.78 Å². The molecule has 2 heterocycles. The van der Waals surface area contributed by atoms with Gasteiger partial charge in [0.1, 0.15) is 5.82 Å². The zero-order valence-electron chi connectivity index (χ0n) is 13.2. The van der Waals surface area contributed by atoms with Crippen LogP contribution >= 0.6 is 0 Å². The second-order valence-electron chi connectivity index (χ2n) is 5.17. The summed E-state index contributed by atoms with van der Waals surface area (Å²) in [7, 11) is 0. The lowest BCUT2D eigenvalue weighted by atomic mass is 10.1. The molecule has 2 aromatic heterocycles. The number of aromatic amines is 1. The number of hydrogen-bond donors (Lipinski definition) is 2. The van der Waals surface area contributed by atoms with E-state index in [0.717, 1.165) is 24.1 Å². The van der Waals surface area contributed by atoms with E-state index >= 15 is 0 Å². The van der Waals surface area contributed by atoms with Crippen molar-refractivity contribution in [3.8, 4) is 0 Å². The predicted octanol–water partition coefficient (Wildman–Crippen LogP) is 2.77. The maximum atomic E-state index is 11.8. The summed E-state index contributed by atoms with van der Waals surface area (Å²) in [5.74, 6) is -0.508. The number of nitrogens with one attached hydrogen (secondary N) is 1. The van der Waals surface area contributed by atoms with E-state index in [2.05, 4.69) is 15.0 Å². The molecule has 0 fully saturated rings. The topological polar surface area (TPSA) is 95.9 Å². The molecule has 2 aromatic rings. The number of aryl methyl sites for hydroxylation is 1. The van der Waals surface area contributed by atoms with Crippen molar-refractivity contribution >= 4 is 17.6 Å². The maximum absolute atomic E-state index is 11.8. The lowest BCUT2D eigenvalue weighted by Crippen LogP contribution is -2.12. The summed E-state index contributed by atoms with van der Waals surface area (Å²) in [5, 5.41) is 9.03. The molecule has 0 aliphatic rings. The van der Waals surface area contributed by atoms with Crippen molar-refractivity contribution in [1.29, 1.82) is 0 Å². The van der Waals surface area contributed by atoms with E-state index in [4.69, 9.17) is 5.11 Å². The molecule has 0 saturated carbocycles. The summed E-state index contributed by atoms with van der Waals surface area (Å²) in [5.41, 5.74) is 2.17. The first-order valence-electron chi connectivity index (χ1n) is 7.53. The highest BCUT2D eigenvalue weighted by atomic mass is 16.4. The highest BCUT2D eigenvalue weighted by Gasteiger charge is 2.08. The molecule has 0 aromatic carbocycles. The molecule has 0 atom stereocenters. The van der Waals surface area contributed by atoms with Crippen LogP contribution in [0.1, 0.15) is 54.1 Å². The number of nitrogens with zero attached hydrogens (tertiary/aromatic N) is 2. The van der Waals surface area contributed by atoms with Gasteiger partial charge >= 0.3 is 5.97 Å². The number of carboxylic acid groups (broad SMARTS) is 1. The third-order valence-corrected chi connectivity index (χ3v) is 3.33. The third kappa shape index (κ3) is 4.35. The van der Waals surface area contributed by atoms with Crippen LogP contribution in [0, 0.1) is 0 Å². The minimum Gasteiger partial charge on any atom is -0.478 e. The van der Waals surface area contributed by atoms with Crippen LogP contribution in [0.15, 0.2) is 29.3 Å². The Morgan fingerprint density at radius 2 is 2.09 bits per heavy atom. The van der Waals surface area contributed by atoms with Gasteiger partial charge in [0.15, 0.2) is 0 Å². The molecule has 6 heteroatoms. The number of carbonyl (C=O) groups is 1. The summed E-state index contributed by atoms with van der Waals surface area (Å²) >= 11 is 0. The quantitative estimate of drug-likeness (QED) is 0.855. The first kappa shape index (κ1) is 16.6. The molecular weight excluding hydrogens is 294 g/mol. The first-order chi connectivity index (χ1) is 11.0. The van der Waals surface area contributed by atoms with Gasteiger partial charge in [-0.1, -0.05) is 20.3 Å². The van der Waals surface area contributed by atoms with E-state index in [-0.39, 0.29) is 11.1 Å². The van der Waals surface area contributed by atoms with Crippen LogP contribution in [0.3, 0.4) is 0 Å². The van der Waals surface area contributed by atoms with Crippen LogP contribution < -0.4 is 5.56 Å². The zero-order valence-corrected chi connectivity index (χ0v) is 13.2. The number of aromatic nitrogens is 3. The molecule has 0 saturated heterocycles. The fourth-order valence-corrected chi connectivity index (χ4v) is 2.24. The predicted molar refractivity (Wildman–Crippen MR) is 88.2 cm³/mol. The van der Waals surface area contributed by atoms with Crippen LogP contribution in [-0.4, -0.2) is 26.0 Å². The van der Waals surface area contributed by atoms with E-state index in [1.165, 1.54) is 12.3 Å². The van der Waals surface area contributed by atoms with Gasteiger partial charge in [-0.15, -0.1) is 0 Å². The summed E-state index contributed by atoms with van der Waals surface area (Å²) in [4.78, 5) is 34.0. The van der Waals surface area contributed by atoms with E-state index in [0.29, 0.717) is 17.8 Å². The fourth-order valence-electron chi connectivity index (χ4n) is 2.24. The van der Waals surface area contributed by atoms with E-state index in [1.807, 2.05) is 13.8 Å². The van der Waals surface area contributed by atoms with Crippen molar-refractivity contribution in [3.05, 3.63) is 57.5 Å². The number of aromatic carboxylic acids is 1. The van der Waals surface area contributed by atoms with Crippen molar-refractivity contribution in [2.24, 2.45) is 0 Å². The third-order valence-electron chi connectivity index (χ3n) is 3.33. The van der Waals surface area contributed by atoms with Crippen molar-refractivity contribution in [2.75, 3.05) is 0 Å². The Balaban J connectivity index is 2.45. The summed E-state index contributed by atoms with van der Waals surface area (Å²) in [6.45, 7) is 3.98. The number of rotatable bonds is 6. The summed E-state index contributed by atoms with van der Waals surface area (Å²) < 4.78 is 0. The smallest absolute Gasteiger partial charge is 0.337 e. The van der Waals surface area contributed by atoms with Crippen molar-refractivity contribution < 1.29 is 9.90 Å². The molecule has 6 nitrogen and oxygen atoms in total. The monoisotopic (exact) mass is 313 g/mol. The molecule has 0 amide bonds. The summed E-state index contributed by atoms with van der Waals surface area (Å²) in [6, 6.07) is 3.05. The SMILES string of the molecule is CCCc1cc(=O)[nH]c(/C(=C/c2cncc(C(=O)O)c2)CC)n1. The molecular formula is C17H19N3O3. The van der Waals surface area contributed by atoms with Crippen LogP contribution in [0.4, 0.5) is 0 Å². The van der Waals surface area contributed by atoms with Gasteiger partial charge < -0.3 is 10.1 Å². The second-order valence-corrected chi connectivity index (χ2v) is 5.17. The number of carboxylic acids is 1. The maximum Gasteiger partial charge on any atom is 0.337 e. The molecule has 0 bridgehead atoms. The Labute approximate surface area is 133 Å². The zero-order chi connectivity index (χ0) is 16.8. The highest BCUT2D eigenvalue weighted by molar-refractivity contribution is 5.88. The Morgan fingerprint density at radius 1 is 1.30 bits per heavy atom. The van der Waals surface area contributed by atoms with Crippen LogP contribution in [0.25, 0.3) is 11.6 Å². The van der Waals surface area contributed by atoms with Gasteiger partial charge in [-0.2, -0.15) is 0 Å². The Kier molecular flexibility index (Phi) is 5.41. The molecule has 0 aliphatic carbocycles. The minimum atomic E-state index is -1.03. The van der Waals surface area contributed by atoms with Gasteiger partial charge in [0.25, 0.3) is 5.56 Å². The van der Waals surface area contributed by atoms with E-state index in [1.54, 1.807) is 18.3 Å². The van der Waals surface area contributed by atoms with Crippen LogP contribution in [0.2, 0.25) is 0 Å². The average Bonchev–Trinajstić information content (AvgIpc) is 2.52. The normalized spacial score (nSPS) is 11.5. The highest BCUT2D eigenvalue weighted by Crippen LogP contribution is 2.18. The van der Waals surface area contributed by atoms with Gasteiger partial charge in [0.05, 0.1) is 5.56 Å². The van der Waals surface area contributed by atoms with Crippen molar-refractivity contribution in [3.63, 3.8) is 0 Å². The molecule has 23 heavy (non-hydrogen) atoms. The number of allylic oxidation sites excluding steroid dienone is 1. The largest absolute Gasteiger partial charge is 0.478 e. The average molecular weight is 313 g/mol. The molecule has 2 rings (SSSR count). The van der Waals surface area contributed by atoms with Gasteiger partial charge in [-0.25, -0.2) is 9.78 Å². The van der Waals surface area contributed by atoms with Crippen LogP contribution in [-0.2, 0) is 6.42 Å². The molecule has 0 aliphatic heterocycles. The Morgan fingerprint density at radius 3 is 2.74 bits per heavy atom. The van der Waals surface area contributed by atoms with Crippen molar-refractivity contribution in [2.45, 2.75) is 33.1 Å².